The summed E-state index contributed by atoms with van der Waals surface area (Å²) in [4.78, 5) is 9.03. The summed E-state index contributed by atoms with van der Waals surface area (Å²) >= 11 is 0. The molecule has 6 nitrogen and oxygen atoms in total. The Labute approximate surface area is 123 Å². The van der Waals surface area contributed by atoms with E-state index in [9.17, 15) is 0 Å². The molecule has 1 atom stereocenters. The van der Waals surface area contributed by atoms with E-state index < -0.39 is 0 Å². The maximum absolute atomic E-state index is 6.22. The first-order chi connectivity index (χ1) is 9.98. The van der Waals surface area contributed by atoms with Crippen LogP contribution in [-0.2, 0) is 6.42 Å². The van der Waals surface area contributed by atoms with Gasteiger partial charge >= 0.3 is 0 Å². The maximum atomic E-state index is 6.22. The minimum Gasteiger partial charge on any atom is -0.480 e. The van der Waals surface area contributed by atoms with Gasteiger partial charge in [-0.1, -0.05) is 13.8 Å². The summed E-state index contributed by atoms with van der Waals surface area (Å²) in [6, 6.07) is 3.56. The first kappa shape index (κ1) is 13.9. The second-order valence-corrected chi connectivity index (χ2v) is 6.21. The number of nitrogens with zero attached hydrogens (tertiary/aromatic N) is 4. The van der Waals surface area contributed by atoms with E-state index in [1.807, 2.05) is 12.3 Å². The number of methoxy groups -OCH3 is 1. The molecule has 3 rings (SSSR count). The molecule has 0 radical (unpaired) electrons. The molecule has 0 saturated carbocycles. The highest BCUT2D eigenvalue weighted by Gasteiger charge is 2.31. The van der Waals surface area contributed by atoms with Crippen molar-refractivity contribution in [2.75, 3.05) is 7.11 Å². The SMILES string of the molecule is COc1ccc(-c2ncc3c(n2)CC(C)(C)CC3N)nn1. The first-order valence-corrected chi connectivity index (χ1v) is 6.98. The number of nitrogens with two attached hydrogens (primary N) is 1. The van der Waals surface area contributed by atoms with Crippen molar-refractivity contribution in [3.8, 4) is 17.4 Å². The third-order valence-electron chi connectivity index (χ3n) is 3.80. The lowest BCUT2D eigenvalue weighted by Crippen LogP contribution is -2.30. The lowest BCUT2D eigenvalue weighted by molar-refractivity contribution is 0.278. The van der Waals surface area contributed by atoms with Crippen molar-refractivity contribution in [1.29, 1.82) is 0 Å². The average molecular weight is 285 g/mol. The molecule has 0 saturated heterocycles. The van der Waals surface area contributed by atoms with E-state index in [4.69, 9.17) is 10.5 Å². The number of rotatable bonds is 2. The lowest BCUT2D eigenvalue weighted by Gasteiger charge is -2.34. The van der Waals surface area contributed by atoms with E-state index >= 15 is 0 Å². The smallest absolute Gasteiger partial charge is 0.233 e. The zero-order valence-electron chi connectivity index (χ0n) is 12.5. The van der Waals surface area contributed by atoms with Gasteiger partial charge in [0.15, 0.2) is 5.82 Å². The Hall–Kier alpha value is -2.08. The number of ether oxygens (including phenoxy) is 1. The fraction of sp³-hybridized carbons (Fsp3) is 0.467. The Morgan fingerprint density at radius 2 is 2.10 bits per heavy atom. The van der Waals surface area contributed by atoms with Gasteiger partial charge in [-0.3, -0.25) is 0 Å². The summed E-state index contributed by atoms with van der Waals surface area (Å²) < 4.78 is 5.01. The molecular weight excluding hydrogens is 266 g/mol. The van der Waals surface area contributed by atoms with E-state index in [-0.39, 0.29) is 11.5 Å². The molecular formula is C15H19N5O. The van der Waals surface area contributed by atoms with Gasteiger partial charge in [-0.15, -0.1) is 10.2 Å². The fourth-order valence-corrected chi connectivity index (χ4v) is 2.78. The van der Waals surface area contributed by atoms with Crippen LogP contribution >= 0.6 is 0 Å². The summed E-state index contributed by atoms with van der Waals surface area (Å²) in [7, 11) is 1.56. The number of aromatic nitrogens is 4. The van der Waals surface area contributed by atoms with Crippen molar-refractivity contribution in [3.63, 3.8) is 0 Å². The molecule has 2 N–H and O–H groups in total. The fourth-order valence-electron chi connectivity index (χ4n) is 2.78. The van der Waals surface area contributed by atoms with Crippen LogP contribution < -0.4 is 10.5 Å². The van der Waals surface area contributed by atoms with Crippen LogP contribution in [0.1, 0.15) is 37.6 Å². The van der Waals surface area contributed by atoms with Crippen molar-refractivity contribution in [2.45, 2.75) is 32.7 Å². The average Bonchev–Trinajstić information content (AvgIpc) is 2.45. The third-order valence-corrected chi connectivity index (χ3v) is 3.80. The number of fused-ring (bicyclic) bond motifs is 1. The van der Waals surface area contributed by atoms with Crippen LogP contribution in [0.15, 0.2) is 18.3 Å². The Kier molecular flexibility index (Phi) is 3.33. The van der Waals surface area contributed by atoms with Gasteiger partial charge in [0, 0.05) is 29.6 Å². The lowest BCUT2D eigenvalue weighted by atomic mass is 9.74. The molecule has 0 fully saturated rings. The van der Waals surface area contributed by atoms with Gasteiger partial charge in [-0.2, -0.15) is 0 Å². The molecule has 2 heterocycles. The zero-order chi connectivity index (χ0) is 15.0. The number of hydrogen-bond donors (Lipinski definition) is 1. The quantitative estimate of drug-likeness (QED) is 0.907. The van der Waals surface area contributed by atoms with Gasteiger partial charge in [0.2, 0.25) is 5.88 Å². The topological polar surface area (TPSA) is 86.8 Å². The Balaban J connectivity index is 1.98. The van der Waals surface area contributed by atoms with Gasteiger partial charge in [0.1, 0.15) is 5.69 Å². The van der Waals surface area contributed by atoms with Crippen LogP contribution in [-0.4, -0.2) is 27.3 Å². The molecule has 0 aromatic carbocycles. The van der Waals surface area contributed by atoms with Gasteiger partial charge in [0.25, 0.3) is 0 Å². The highest BCUT2D eigenvalue weighted by atomic mass is 16.5. The van der Waals surface area contributed by atoms with Crippen LogP contribution in [0.25, 0.3) is 11.5 Å². The Morgan fingerprint density at radius 3 is 2.76 bits per heavy atom. The predicted octanol–water partition coefficient (Wildman–Crippen LogP) is 1.91. The monoisotopic (exact) mass is 285 g/mol. The molecule has 0 bridgehead atoms. The predicted molar refractivity (Wildman–Crippen MR) is 78.6 cm³/mol. The second kappa shape index (κ2) is 5.04. The number of hydrogen-bond acceptors (Lipinski definition) is 6. The van der Waals surface area contributed by atoms with Crippen LogP contribution in [0.3, 0.4) is 0 Å². The molecule has 6 heteroatoms. The summed E-state index contributed by atoms with van der Waals surface area (Å²) in [6.45, 7) is 4.43. The highest BCUT2D eigenvalue weighted by molar-refractivity contribution is 5.49. The maximum Gasteiger partial charge on any atom is 0.233 e. The summed E-state index contributed by atoms with van der Waals surface area (Å²) in [5.41, 5.74) is 9.07. The molecule has 2 aromatic heterocycles. The van der Waals surface area contributed by atoms with E-state index in [1.54, 1.807) is 13.2 Å². The molecule has 21 heavy (non-hydrogen) atoms. The van der Waals surface area contributed by atoms with Crippen molar-refractivity contribution in [3.05, 3.63) is 29.6 Å². The Morgan fingerprint density at radius 1 is 1.29 bits per heavy atom. The van der Waals surface area contributed by atoms with Crippen molar-refractivity contribution >= 4 is 0 Å². The molecule has 1 aliphatic rings. The van der Waals surface area contributed by atoms with E-state index in [1.165, 1.54) is 0 Å². The van der Waals surface area contributed by atoms with Crippen molar-refractivity contribution in [2.24, 2.45) is 11.1 Å². The van der Waals surface area contributed by atoms with Crippen LogP contribution in [0.5, 0.6) is 5.88 Å². The van der Waals surface area contributed by atoms with E-state index in [0.717, 1.165) is 24.1 Å². The molecule has 1 unspecified atom stereocenters. The highest BCUT2D eigenvalue weighted by Crippen LogP contribution is 2.38. The zero-order valence-corrected chi connectivity index (χ0v) is 12.5. The van der Waals surface area contributed by atoms with Gasteiger partial charge in [-0.25, -0.2) is 9.97 Å². The normalized spacial score (nSPS) is 19.9. The Bertz CT molecular complexity index is 654. The summed E-state index contributed by atoms with van der Waals surface area (Å²) in [5.74, 6) is 1.05. The van der Waals surface area contributed by atoms with Crippen molar-refractivity contribution < 1.29 is 4.74 Å². The summed E-state index contributed by atoms with van der Waals surface area (Å²) in [5, 5.41) is 8.05. The van der Waals surface area contributed by atoms with E-state index in [2.05, 4.69) is 34.0 Å². The third kappa shape index (κ3) is 2.71. The van der Waals surface area contributed by atoms with Crippen LogP contribution in [0.2, 0.25) is 0 Å². The molecule has 1 aliphatic carbocycles. The van der Waals surface area contributed by atoms with Gasteiger partial charge < -0.3 is 10.5 Å². The molecule has 0 spiro atoms. The second-order valence-electron chi connectivity index (χ2n) is 6.21. The largest absolute Gasteiger partial charge is 0.480 e. The molecule has 2 aromatic rings. The van der Waals surface area contributed by atoms with Crippen LogP contribution in [0.4, 0.5) is 0 Å². The van der Waals surface area contributed by atoms with Crippen molar-refractivity contribution in [1.82, 2.24) is 20.2 Å². The first-order valence-electron chi connectivity index (χ1n) is 6.98. The standard InChI is InChI=1S/C15H19N5O/c1-15(2)6-10(16)9-8-17-14(18-12(9)7-15)11-4-5-13(21-3)20-19-11/h4-5,8,10H,6-7,16H2,1-3H3. The molecule has 0 aliphatic heterocycles. The minimum atomic E-state index is -0.000230. The summed E-state index contributed by atoms with van der Waals surface area (Å²) in [6.07, 6.45) is 3.67. The molecule has 110 valence electrons. The van der Waals surface area contributed by atoms with Gasteiger partial charge in [-0.05, 0) is 24.3 Å². The van der Waals surface area contributed by atoms with E-state index in [0.29, 0.717) is 17.4 Å². The van der Waals surface area contributed by atoms with Gasteiger partial charge in [0.05, 0.1) is 7.11 Å². The van der Waals surface area contributed by atoms with Crippen LogP contribution in [0, 0.1) is 5.41 Å². The minimum absolute atomic E-state index is 0.000230. The molecule has 0 amide bonds.